The molecule has 27 heavy (non-hydrogen) atoms. The Balaban J connectivity index is 1.75. The Hall–Kier alpha value is -3.42. The lowest BCUT2D eigenvalue weighted by atomic mass is 9.93. The second kappa shape index (κ2) is 6.71. The lowest BCUT2D eigenvalue weighted by Crippen LogP contribution is -2.12. The zero-order valence-electron chi connectivity index (χ0n) is 15.2. The van der Waals surface area contributed by atoms with Crippen LogP contribution in [0.3, 0.4) is 0 Å². The minimum atomic E-state index is -0.401. The summed E-state index contributed by atoms with van der Waals surface area (Å²) in [5.74, 6) is 0.0423. The number of ether oxygens (including phenoxy) is 1. The van der Waals surface area contributed by atoms with E-state index in [0.717, 1.165) is 34.6 Å². The molecule has 0 bridgehead atoms. The van der Waals surface area contributed by atoms with Gasteiger partial charge in [0.25, 0.3) is 0 Å². The normalized spacial score (nSPS) is 12.2. The summed E-state index contributed by atoms with van der Waals surface area (Å²) in [6, 6.07) is 7.44. The van der Waals surface area contributed by atoms with Crippen LogP contribution in [-0.2, 0) is 24.6 Å². The number of para-hydroxylation sites is 2. The van der Waals surface area contributed by atoms with E-state index in [2.05, 4.69) is 20.4 Å². The van der Waals surface area contributed by atoms with E-state index >= 15 is 0 Å². The van der Waals surface area contributed by atoms with Crippen LogP contribution in [0.4, 0.5) is 17.3 Å². The number of aromatic nitrogens is 4. The molecule has 3 aromatic rings. The molecule has 2 heterocycles. The van der Waals surface area contributed by atoms with E-state index in [1.54, 1.807) is 18.7 Å². The third-order valence-corrected chi connectivity index (χ3v) is 4.55. The van der Waals surface area contributed by atoms with Crippen molar-refractivity contribution in [2.45, 2.75) is 19.8 Å². The number of carbonyl (C=O) groups is 1. The number of hydrogen-bond acceptors (Lipinski definition) is 7. The molecule has 8 nitrogen and oxygen atoms in total. The number of nitrogens with one attached hydrogen (secondary N) is 1. The molecule has 0 atom stereocenters. The topological polar surface area (TPSA) is 108 Å². The fourth-order valence-corrected chi connectivity index (χ4v) is 3.31. The van der Waals surface area contributed by atoms with Crippen molar-refractivity contribution < 1.29 is 9.53 Å². The largest absolute Gasteiger partial charge is 0.461 e. The van der Waals surface area contributed by atoms with Gasteiger partial charge in [-0.1, -0.05) is 12.1 Å². The van der Waals surface area contributed by atoms with Gasteiger partial charge in [0.15, 0.2) is 5.69 Å². The quantitative estimate of drug-likeness (QED) is 0.541. The Morgan fingerprint density at radius 1 is 1.33 bits per heavy atom. The molecule has 1 aliphatic rings. The molecular formula is C19H20N6O2. The van der Waals surface area contributed by atoms with E-state index in [9.17, 15) is 4.79 Å². The van der Waals surface area contributed by atoms with Crippen molar-refractivity contribution in [2.24, 2.45) is 7.05 Å². The van der Waals surface area contributed by atoms with Gasteiger partial charge in [0, 0.05) is 18.8 Å². The van der Waals surface area contributed by atoms with E-state index in [0.29, 0.717) is 30.4 Å². The number of nitrogens with zero attached hydrogens (tertiary/aromatic N) is 4. The van der Waals surface area contributed by atoms with Crippen LogP contribution in [0.2, 0.25) is 0 Å². The van der Waals surface area contributed by atoms with E-state index in [4.69, 9.17) is 10.5 Å². The van der Waals surface area contributed by atoms with Gasteiger partial charge in [-0.15, -0.1) is 0 Å². The van der Waals surface area contributed by atoms with Crippen molar-refractivity contribution in [1.82, 2.24) is 19.7 Å². The van der Waals surface area contributed by atoms with Crippen LogP contribution in [-0.4, -0.2) is 32.3 Å². The molecule has 8 heteroatoms. The van der Waals surface area contributed by atoms with Crippen LogP contribution in [0.5, 0.6) is 0 Å². The smallest absolute Gasteiger partial charge is 0.359 e. The predicted octanol–water partition coefficient (Wildman–Crippen LogP) is 2.48. The Bertz CT molecular complexity index is 1030. The maximum Gasteiger partial charge on any atom is 0.359 e. The minimum Gasteiger partial charge on any atom is -0.461 e. The van der Waals surface area contributed by atoms with Crippen molar-refractivity contribution in [3.8, 4) is 11.4 Å². The highest BCUT2D eigenvalue weighted by molar-refractivity contribution is 5.91. The highest BCUT2D eigenvalue weighted by Crippen LogP contribution is 2.34. The number of benzene rings is 1. The Morgan fingerprint density at radius 3 is 2.93 bits per heavy atom. The van der Waals surface area contributed by atoms with E-state index in [1.165, 1.54) is 0 Å². The van der Waals surface area contributed by atoms with Crippen molar-refractivity contribution in [3.63, 3.8) is 0 Å². The number of fused-ring (bicyclic) bond motifs is 3. The number of hydrogen-bond donors (Lipinski definition) is 2. The van der Waals surface area contributed by atoms with Crippen molar-refractivity contribution in [2.75, 3.05) is 17.7 Å². The molecular weight excluding hydrogens is 344 g/mol. The van der Waals surface area contributed by atoms with Gasteiger partial charge in [0.2, 0.25) is 5.95 Å². The number of anilines is 3. The van der Waals surface area contributed by atoms with Crippen LogP contribution in [0, 0.1) is 0 Å². The summed E-state index contributed by atoms with van der Waals surface area (Å²) in [6.07, 6.45) is 3.25. The van der Waals surface area contributed by atoms with Crippen LogP contribution in [0.1, 0.15) is 28.5 Å². The average molecular weight is 364 g/mol. The highest BCUT2D eigenvalue weighted by Gasteiger charge is 2.29. The number of aryl methyl sites for hydroxylation is 2. The van der Waals surface area contributed by atoms with Gasteiger partial charge in [-0.05, 0) is 37.5 Å². The molecule has 0 amide bonds. The van der Waals surface area contributed by atoms with Crippen LogP contribution in [0.25, 0.3) is 11.4 Å². The first-order valence-corrected chi connectivity index (χ1v) is 8.79. The van der Waals surface area contributed by atoms with Gasteiger partial charge < -0.3 is 15.8 Å². The summed E-state index contributed by atoms with van der Waals surface area (Å²) >= 11 is 0. The first kappa shape index (κ1) is 17.0. The number of carbonyl (C=O) groups excluding carboxylic acids is 1. The lowest BCUT2D eigenvalue weighted by molar-refractivity contribution is 0.0517. The minimum absolute atomic E-state index is 0.315. The van der Waals surface area contributed by atoms with Gasteiger partial charge >= 0.3 is 5.97 Å². The van der Waals surface area contributed by atoms with Gasteiger partial charge in [-0.25, -0.2) is 14.8 Å². The third-order valence-electron chi connectivity index (χ3n) is 4.55. The van der Waals surface area contributed by atoms with E-state index in [1.807, 2.05) is 30.5 Å². The van der Waals surface area contributed by atoms with Crippen LogP contribution < -0.4 is 11.1 Å². The Morgan fingerprint density at radius 2 is 2.15 bits per heavy atom. The van der Waals surface area contributed by atoms with E-state index in [-0.39, 0.29) is 0 Å². The molecule has 0 spiro atoms. The molecule has 1 aromatic carbocycles. The summed E-state index contributed by atoms with van der Waals surface area (Å²) < 4.78 is 6.83. The van der Waals surface area contributed by atoms with Crippen molar-refractivity contribution >= 4 is 23.3 Å². The molecule has 0 aliphatic heterocycles. The molecule has 138 valence electrons. The first-order chi connectivity index (χ1) is 13.1. The van der Waals surface area contributed by atoms with E-state index < -0.39 is 5.97 Å². The second-order valence-corrected chi connectivity index (χ2v) is 6.30. The summed E-state index contributed by atoms with van der Waals surface area (Å²) in [7, 11) is 1.81. The maximum atomic E-state index is 12.2. The fourth-order valence-electron chi connectivity index (χ4n) is 3.31. The molecule has 2 aromatic heterocycles. The van der Waals surface area contributed by atoms with Crippen molar-refractivity contribution in [1.29, 1.82) is 0 Å². The number of rotatable bonds is 4. The summed E-state index contributed by atoms with van der Waals surface area (Å²) in [4.78, 5) is 21.3. The van der Waals surface area contributed by atoms with Crippen LogP contribution in [0.15, 0.2) is 30.5 Å². The first-order valence-electron chi connectivity index (χ1n) is 8.79. The molecule has 0 saturated heterocycles. The third kappa shape index (κ3) is 2.99. The zero-order valence-corrected chi connectivity index (χ0v) is 15.2. The summed E-state index contributed by atoms with van der Waals surface area (Å²) in [6.45, 7) is 2.10. The molecule has 0 saturated carbocycles. The van der Waals surface area contributed by atoms with Gasteiger partial charge in [-0.2, -0.15) is 5.10 Å². The molecule has 3 N–H and O–H groups in total. The lowest BCUT2D eigenvalue weighted by Gasteiger charge is -2.17. The molecule has 0 fully saturated rings. The standard InChI is InChI=1S/C19H20N6O2/c1-3-27-18(26)16-12-9-8-11-10-21-19(22-14-7-5-4-6-13(14)20)23-15(11)17(12)25(2)24-16/h4-7,10H,3,8-9,20H2,1-2H3,(H,21,22,23). The fraction of sp³-hybridized carbons (Fsp3) is 0.263. The van der Waals surface area contributed by atoms with Gasteiger partial charge in [-0.3, -0.25) is 4.68 Å². The number of nitrogen functional groups attached to an aromatic ring is 1. The summed E-state index contributed by atoms with van der Waals surface area (Å²) in [5.41, 5.74) is 11.2. The molecule has 0 radical (unpaired) electrons. The number of nitrogens with two attached hydrogens (primary N) is 1. The summed E-state index contributed by atoms with van der Waals surface area (Å²) in [5, 5.41) is 7.53. The predicted molar refractivity (Wildman–Crippen MR) is 102 cm³/mol. The number of esters is 1. The van der Waals surface area contributed by atoms with Crippen LogP contribution >= 0.6 is 0 Å². The molecule has 1 aliphatic carbocycles. The monoisotopic (exact) mass is 364 g/mol. The van der Waals surface area contributed by atoms with Crippen molar-refractivity contribution in [3.05, 3.63) is 47.3 Å². The van der Waals surface area contributed by atoms with Gasteiger partial charge in [0.1, 0.15) is 0 Å². The SMILES string of the molecule is CCOC(=O)c1nn(C)c2c1CCc1cnc(Nc3ccccc3N)nc1-2. The average Bonchev–Trinajstić information content (AvgIpc) is 3.01. The second-order valence-electron chi connectivity index (χ2n) is 6.30. The zero-order chi connectivity index (χ0) is 19.0. The van der Waals surface area contributed by atoms with Gasteiger partial charge in [0.05, 0.1) is 29.4 Å². The Kier molecular flexibility index (Phi) is 4.23. The Labute approximate surface area is 156 Å². The maximum absolute atomic E-state index is 12.2. The molecule has 4 rings (SSSR count). The molecule has 0 unspecified atom stereocenters. The highest BCUT2D eigenvalue weighted by atomic mass is 16.5.